The van der Waals surface area contributed by atoms with Crippen molar-refractivity contribution in [3.8, 4) is 11.4 Å². The van der Waals surface area contributed by atoms with E-state index in [4.69, 9.17) is 4.74 Å². The second-order valence-electron chi connectivity index (χ2n) is 7.80. The number of amides is 1. The molecule has 1 fully saturated rings. The van der Waals surface area contributed by atoms with Crippen molar-refractivity contribution in [1.82, 2.24) is 15.1 Å². The Kier molecular flexibility index (Phi) is 4.56. The van der Waals surface area contributed by atoms with Gasteiger partial charge in [-0.15, -0.1) is 0 Å². The van der Waals surface area contributed by atoms with E-state index in [-0.39, 0.29) is 24.0 Å². The van der Waals surface area contributed by atoms with Gasteiger partial charge in [0, 0.05) is 24.4 Å². The highest BCUT2D eigenvalue weighted by atomic mass is 16.5. The smallest absolute Gasteiger partial charge is 0.251 e. The third-order valence-electron chi connectivity index (χ3n) is 5.88. The molecule has 2 aromatic carbocycles. The summed E-state index contributed by atoms with van der Waals surface area (Å²) in [6, 6.07) is 15.3. The number of aliphatic hydroxyl groups is 1. The van der Waals surface area contributed by atoms with E-state index in [9.17, 15) is 9.90 Å². The van der Waals surface area contributed by atoms with E-state index in [1.165, 1.54) is 5.56 Å². The second-order valence-corrected chi connectivity index (χ2v) is 7.80. The van der Waals surface area contributed by atoms with Crippen LogP contribution in [0.1, 0.15) is 40.4 Å². The van der Waals surface area contributed by atoms with Gasteiger partial charge in [-0.3, -0.25) is 4.79 Å². The molecule has 1 aliphatic carbocycles. The lowest BCUT2D eigenvalue weighted by molar-refractivity contribution is 0.0235. The maximum Gasteiger partial charge on any atom is 0.251 e. The van der Waals surface area contributed by atoms with Crippen LogP contribution in [0.5, 0.6) is 5.75 Å². The third-order valence-corrected chi connectivity index (χ3v) is 5.88. The average molecular weight is 389 g/mol. The molecule has 1 saturated carbocycles. The molecule has 1 amide bonds. The Morgan fingerprint density at radius 2 is 2.03 bits per heavy atom. The van der Waals surface area contributed by atoms with Crippen LogP contribution in [0.4, 0.5) is 0 Å². The summed E-state index contributed by atoms with van der Waals surface area (Å²) >= 11 is 0. The number of carbonyl (C=O) groups excluding carboxylic acids is 1. The van der Waals surface area contributed by atoms with E-state index in [2.05, 4.69) is 16.5 Å². The molecule has 0 spiro atoms. The van der Waals surface area contributed by atoms with Crippen LogP contribution in [0.3, 0.4) is 0 Å². The van der Waals surface area contributed by atoms with E-state index in [1.807, 2.05) is 48.7 Å². The highest BCUT2D eigenvalue weighted by molar-refractivity contribution is 5.94. The van der Waals surface area contributed by atoms with Gasteiger partial charge in [0.15, 0.2) is 0 Å². The molecular weight excluding hydrogens is 366 g/mol. The van der Waals surface area contributed by atoms with Crippen molar-refractivity contribution < 1.29 is 14.6 Å². The molecule has 0 radical (unpaired) electrons. The van der Waals surface area contributed by atoms with Gasteiger partial charge in [-0.1, -0.05) is 6.07 Å². The highest BCUT2D eigenvalue weighted by Gasteiger charge is 2.36. The Labute approximate surface area is 169 Å². The molecule has 29 heavy (non-hydrogen) atoms. The summed E-state index contributed by atoms with van der Waals surface area (Å²) in [7, 11) is 0. The number of hydrogen-bond acceptors (Lipinski definition) is 4. The van der Waals surface area contributed by atoms with Crippen LogP contribution < -0.4 is 10.1 Å². The molecule has 2 heterocycles. The zero-order chi connectivity index (χ0) is 19.8. The van der Waals surface area contributed by atoms with Gasteiger partial charge < -0.3 is 15.2 Å². The van der Waals surface area contributed by atoms with Gasteiger partial charge in [-0.05, 0) is 72.4 Å². The Morgan fingerprint density at radius 1 is 1.21 bits per heavy atom. The normalized spacial score (nSPS) is 21.0. The number of aliphatic hydroxyl groups excluding tert-OH is 1. The van der Waals surface area contributed by atoms with Gasteiger partial charge in [0.2, 0.25) is 0 Å². The second kappa shape index (κ2) is 7.37. The van der Waals surface area contributed by atoms with Gasteiger partial charge >= 0.3 is 0 Å². The van der Waals surface area contributed by atoms with Crippen LogP contribution in [0.25, 0.3) is 5.69 Å². The largest absolute Gasteiger partial charge is 0.493 e. The van der Waals surface area contributed by atoms with E-state index in [0.717, 1.165) is 23.4 Å². The van der Waals surface area contributed by atoms with Crippen molar-refractivity contribution >= 4 is 5.91 Å². The maximum atomic E-state index is 13.0. The molecule has 1 aliphatic heterocycles. The zero-order valence-corrected chi connectivity index (χ0v) is 16.0. The zero-order valence-electron chi connectivity index (χ0n) is 16.0. The molecule has 1 aromatic heterocycles. The lowest BCUT2D eigenvalue weighted by Crippen LogP contribution is -2.41. The summed E-state index contributed by atoms with van der Waals surface area (Å²) in [5.41, 5.74) is 3.77. The van der Waals surface area contributed by atoms with E-state index in [1.54, 1.807) is 10.9 Å². The van der Waals surface area contributed by atoms with E-state index >= 15 is 0 Å². The van der Waals surface area contributed by atoms with Gasteiger partial charge in [0.05, 0.1) is 24.4 Å². The molecular formula is C23H23N3O3. The summed E-state index contributed by atoms with van der Waals surface area (Å²) in [5.74, 6) is 1.06. The van der Waals surface area contributed by atoms with Crippen molar-refractivity contribution in [3.05, 3.63) is 77.6 Å². The third kappa shape index (κ3) is 3.51. The Bertz CT molecular complexity index is 1010. The number of fused-ring (bicyclic) bond motifs is 1. The van der Waals surface area contributed by atoms with Crippen LogP contribution in [-0.2, 0) is 6.42 Å². The van der Waals surface area contributed by atoms with Crippen LogP contribution in [-0.4, -0.2) is 33.5 Å². The van der Waals surface area contributed by atoms with Crippen molar-refractivity contribution in [2.75, 3.05) is 6.61 Å². The van der Waals surface area contributed by atoms with Crippen LogP contribution in [0.15, 0.2) is 60.9 Å². The summed E-state index contributed by atoms with van der Waals surface area (Å²) in [6.45, 7) is 0.709. The van der Waals surface area contributed by atoms with Gasteiger partial charge in [-0.2, -0.15) is 5.10 Å². The molecule has 3 aromatic rings. The Hall–Kier alpha value is -3.12. The molecule has 0 bridgehead atoms. The van der Waals surface area contributed by atoms with E-state index in [0.29, 0.717) is 25.0 Å². The van der Waals surface area contributed by atoms with Crippen molar-refractivity contribution in [1.29, 1.82) is 0 Å². The monoisotopic (exact) mass is 389 g/mol. The van der Waals surface area contributed by atoms with E-state index < -0.39 is 0 Å². The minimum Gasteiger partial charge on any atom is -0.493 e. The molecule has 2 aliphatic rings. The molecule has 5 rings (SSSR count). The number of ether oxygens (including phenoxy) is 1. The van der Waals surface area contributed by atoms with Crippen molar-refractivity contribution in [2.24, 2.45) is 5.92 Å². The Balaban J connectivity index is 1.36. The number of hydrogen-bond donors (Lipinski definition) is 2. The van der Waals surface area contributed by atoms with Crippen LogP contribution >= 0.6 is 0 Å². The number of nitrogens with zero attached hydrogens (tertiary/aromatic N) is 2. The topological polar surface area (TPSA) is 76.4 Å². The fourth-order valence-electron chi connectivity index (χ4n) is 4.19. The Morgan fingerprint density at radius 3 is 2.76 bits per heavy atom. The van der Waals surface area contributed by atoms with Crippen molar-refractivity contribution in [2.45, 2.75) is 31.4 Å². The molecule has 6 heteroatoms. The summed E-state index contributed by atoms with van der Waals surface area (Å²) in [6.07, 6.45) is 5.62. The number of benzene rings is 2. The summed E-state index contributed by atoms with van der Waals surface area (Å²) in [5, 5.41) is 17.2. The minimum atomic E-state index is -0.273. The molecule has 2 N–H and O–H groups in total. The fraction of sp³-hybridized carbons (Fsp3) is 0.304. The lowest BCUT2D eigenvalue weighted by Gasteiger charge is -2.38. The number of nitrogens with one attached hydrogen (secondary N) is 1. The fourth-order valence-corrected chi connectivity index (χ4v) is 4.19. The van der Waals surface area contributed by atoms with Crippen LogP contribution in [0.2, 0.25) is 0 Å². The van der Waals surface area contributed by atoms with Gasteiger partial charge in [0.25, 0.3) is 5.91 Å². The first-order valence-corrected chi connectivity index (χ1v) is 10.0. The standard InChI is InChI=1S/C23H23N3O3/c27-20-13-18(14-20)22(17-4-7-21-16(12-17)8-11-29-21)25-23(28)15-2-5-19(6-3-15)26-10-1-9-24-26/h1-7,9-10,12,18,20,22,27H,8,11,13-14H2,(H,25,28)/t18?,20?,22-/m0/s1. The summed E-state index contributed by atoms with van der Waals surface area (Å²) in [4.78, 5) is 13.0. The van der Waals surface area contributed by atoms with Crippen LogP contribution in [0, 0.1) is 5.92 Å². The first kappa shape index (κ1) is 17.9. The maximum absolute atomic E-state index is 13.0. The number of rotatable bonds is 5. The minimum absolute atomic E-state index is 0.111. The first-order chi connectivity index (χ1) is 14.2. The first-order valence-electron chi connectivity index (χ1n) is 10.0. The predicted octanol–water partition coefficient (Wildman–Crippen LogP) is 3.05. The number of aromatic nitrogens is 2. The quantitative estimate of drug-likeness (QED) is 0.703. The molecule has 148 valence electrons. The van der Waals surface area contributed by atoms with Gasteiger partial charge in [0.1, 0.15) is 5.75 Å². The number of carbonyl (C=O) groups is 1. The highest BCUT2D eigenvalue weighted by Crippen LogP contribution is 2.40. The molecule has 0 saturated heterocycles. The predicted molar refractivity (Wildman–Crippen MR) is 108 cm³/mol. The average Bonchev–Trinajstić information content (AvgIpc) is 3.41. The van der Waals surface area contributed by atoms with Crippen molar-refractivity contribution in [3.63, 3.8) is 0 Å². The van der Waals surface area contributed by atoms with Gasteiger partial charge in [-0.25, -0.2) is 4.68 Å². The molecule has 6 nitrogen and oxygen atoms in total. The summed E-state index contributed by atoms with van der Waals surface area (Å²) < 4.78 is 7.37. The SMILES string of the molecule is O=C(N[C@@H](c1ccc2c(c1)CCO2)C1CC(O)C1)c1ccc(-n2cccn2)cc1. The molecule has 0 unspecified atom stereocenters. The lowest BCUT2D eigenvalue weighted by atomic mass is 9.74. The molecule has 1 atom stereocenters.